The largest absolute Gasteiger partial charge is 0.356 e. The van der Waals surface area contributed by atoms with Gasteiger partial charge < -0.3 is 10.2 Å². The summed E-state index contributed by atoms with van der Waals surface area (Å²) in [6.45, 7) is 9.80. The summed E-state index contributed by atoms with van der Waals surface area (Å²) in [5, 5.41) is 2.83. The normalized spacial score (nSPS) is 17.5. The number of likely N-dealkylation sites (N-methyl/N-ethyl adjacent to an activating group) is 1. The van der Waals surface area contributed by atoms with E-state index in [1.165, 1.54) is 0 Å². The van der Waals surface area contributed by atoms with Crippen LogP contribution in [0.4, 0.5) is 0 Å². The molecule has 0 unspecified atom stereocenters. The van der Waals surface area contributed by atoms with E-state index in [2.05, 4.69) is 5.32 Å². The van der Waals surface area contributed by atoms with Crippen LogP contribution >= 0.6 is 0 Å². The zero-order valence-corrected chi connectivity index (χ0v) is 18.4. The number of hydrogen-bond donors (Lipinski definition) is 1. The maximum absolute atomic E-state index is 13.1. The number of aryl methyl sites for hydroxylation is 2. The first kappa shape index (κ1) is 21.9. The first-order valence-electron chi connectivity index (χ1n) is 10.8. The monoisotopic (exact) mass is 408 g/mol. The predicted molar refractivity (Wildman–Crippen MR) is 117 cm³/mol. The molecule has 0 spiro atoms. The smallest absolute Gasteiger partial charge is 0.229 e. The number of amides is 2. The number of rotatable bonds is 6. The van der Waals surface area contributed by atoms with Crippen LogP contribution in [0, 0.1) is 13.8 Å². The first-order chi connectivity index (χ1) is 14.4. The molecule has 1 saturated heterocycles. The van der Waals surface area contributed by atoms with Gasteiger partial charge in [-0.3, -0.25) is 9.59 Å². The van der Waals surface area contributed by atoms with Gasteiger partial charge in [0.15, 0.2) is 0 Å². The van der Waals surface area contributed by atoms with Gasteiger partial charge in [0.05, 0.1) is 12.3 Å². The van der Waals surface area contributed by atoms with E-state index in [4.69, 9.17) is 9.97 Å². The van der Waals surface area contributed by atoms with Crippen LogP contribution in [-0.4, -0.2) is 46.3 Å². The van der Waals surface area contributed by atoms with E-state index in [0.717, 1.165) is 47.7 Å². The van der Waals surface area contributed by atoms with Crippen LogP contribution in [0.15, 0.2) is 30.3 Å². The van der Waals surface area contributed by atoms with Crippen LogP contribution in [0.25, 0.3) is 0 Å². The lowest BCUT2D eigenvalue weighted by Crippen LogP contribution is -2.41. The number of aromatic nitrogens is 2. The van der Waals surface area contributed by atoms with Gasteiger partial charge in [-0.2, -0.15) is 0 Å². The number of nitrogens with zero attached hydrogens (tertiary/aromatic N) is 3. The van der Waals surface area contributed by atoms with E-state index >= 15 is 0 Å². The maximum atomic E-state index is 13.1. The third-order valence-electron chi connectivity index (χ3n) is 5.92. The SMILES string of the molecule is CCNC(=O)Cc1c(C)nc([C@H]2CCCN(C(=O)[C@H](C)c3ccccc3)C2)nc1C. The summed E-state index contributed by atoms with van der Waals surface area (Å²) in [5.41, 5.74) is 3.64. The third kappa shape index (κ3) is 5.04. The molecular weight excluding hydrogens is 376 g/mol. The third-order valence-corrected chi connectivity index (χ3v) is 5.92. The lowest BCUT2D eigenvalue weighted by atomic mass is 9.93. The molecule has 6 heteroatoms. The molecule has 0 saturated carbocycles. The Kier molecular flexibility index (Phi) is 7.19. The van der Waals surface area contributed by atoms with E-state index < -0.39 is 0 Å². The molecule has 1 aromatic heterocycles. The van der Waals surface area contributed by atoms with Crippen molar-refractivity contribution in [1.82, 2.24) is 20.2 Å². The Balaban J connectivity index is 1.73. The van der Waals surface area contributed by atoms with Gasteiger partial charge in [0.2, 0.25) is 11.8 Å². The number of piperidine rings is 1. The van der Waals surface area contributed by atoms with Crippen molar-refractivity contribution in [1.29, 1.82) is 0 Å². The molecule has 1 aliphatic heterocycles. The molecule has 3 rings (SSSR count). The van der Waals surface area contributed by atoms with Gasteiger partial charge in [0.1, 0.15) is 5.82 Å². The number of likely N-dealkylation sites (tertiary alicyclic amines) is 1. The van der Waals surface area contributed by atoms with E-state index in [0.29, 0.717) is 19.5 Å². The molecule has 1 N–H and O–H groups in total. The summed E-state index contributed by atoms with van der Waals surface area (Å²) in [5.74, 6) is 0.904. The van der Waals surface area contributed by atoms with Gasteiger partial charge >= 0.3 is 0 Å². The Bertz CT molecular complexity index is 874. The van der Waals surface area contributed by atoms with E-state index in [1.54, 1.807) is 0 Å². The Morgan fingerprint density at radius 1 is 1.17 bits per heavy atom. The fraction of sp³-hybridized carbons (Fsp3) is 0.500. The van der Waals surface area contributed by atoms with Crippen LogP contribution in [0.1, 0.15) is 66.9 Å². The zero-order chi connectivity index (χ0) is 21.7. The average Bonchev–Trinajstić information content (AvgIpc) is 2.76. The van der Waals surface area contributed by atoms with Gasteiger partial charge in [0, 0.05) is 42.5 Å². The highest BCUT2D eigenvalue weighted by atomic mass is 16.2. The van der Waals surface area contributed by atoms with Crippen molar-refractivity contribution in [3.05, 3.63) is 58.7 Å². The van der Waals surface area contributed by atoms with Crippen molar-refractivity contribution >= 4 is 11.8 Å². The van der Waals surface area contributed by atoms with Gasteiger partial charge in [0.25, 0.3) is 0 Å². The lowest BCUT2D eigenvalue weighted by Gasteiger charge is -2.34. The number of nitrogens with one attached hydrogen (secondary N) is 1. The van der Waals surface area contributed by atoms with Crippen molar-refractivity contribution in [3.8, 4) is 0 Å². The van der Waals surface area contributed by atoms with Crippen LogP contribution in [0.2, 0.25) is 0 Å². The summed E-state index contributed by atoms with van der Waals surface area (Å²) in [6, 6.07) is 9.93. The fourth-order valence-electron chi connectivity index (χ4n) is 4.17. The Morgan fingerprint density at radius 3 is 2.47 bits per heavy atom. The Morgan fingerprint density at radius 2 is 1.83 bits per heavy atom. The van der Waals surface area contributed by atoms with Crippen molar-refractivity contribution < 1.29 is 9.59 Å². The maximum Gasteiger partial charge on any atom is 0.229 e. The topological polar surface area (TPSA) is 75.2 Å². The standard InChI is InChI=1S/C24H32N4O2/c1-5-25-22(29)14-21-17(3)26-23(27-18(21)4)20-12-9-13-28(15-20)24(30)16(2)19-10-7-6-8-11-19/h6-8,10-11,16,20H,5,9,12-15H2,1-4H3,(H,25,29)/t16-,20+/m1/s1. The Hall–Kier alpha value is -2.76. The summed E-state index contributed by atoms with van der Waals surface area (Å²) in [7, 11) is 0. The van der Waals surface area contributed by atoms with E-state index in [-0.39, 0.29) is 23.7 Å². The summed E-state index contributed by atoms with van der Waals surface area (Å²) in [4.78, 5) is 36.5. The van der Waals surface area contributed by atoms with E-state index in [9.17, 15) is 9.59 Å². The summed E-state index contributed by atoms with van der Waals surface area (Å²) >= 11 is 0. The van der Waals surface area contributed by atoms with Gasteiger partial charge in [-0.15, -0.1) is 0 Å². The minimum Gasteiger partial charge on any atom is -0.356 e. The fourth-order valence-corrected chi connectivity index (χ4v) is 4.17. The van der Waals surface area contributed by atoms with Gasteiger partial charge in [-0.1, -0.05) is 30.3 Å². The second-order valence-electron chi connectivity index (χ2n) is 8.12. The number of benzene rings is 1. The van der Waals surface area contributed by atoms with Crippen LogP contribution in [0.3, 0.4) is 0 Å². The molecular formula is C24H32N4O2. The molecule has 2 atom stereocenters. The highest BCUT2D eigenvalue weighted by Gasteiger charge is 2.30. The van der Waals surface area contributed by atoms with Gasteiger partial charge in [-0.25, -0.2) is 9.97 Å². The molecule has 160 valence electrons. The molecule has 0 radical (unpaired) electrons. The number of hydrogen-bond acceptors (Lipinski definition) is 4. The molecule has 0 aliphatic carbocycles. The first-order valence-corrected chi connectivity index (χ1v) is 10.8. The minimum atomic E-state index is -0.159. The predicted octanol–water partition coefficient (Wildman–Crippen LogP) is 3.28. The van der Waals surface area contributed by atoms with Crippen LogP contribution in [0.5, 0.6) is 0 Å². The summed E-state index contributed by atoms with van der Waals surface area (Å²) < 4.78 is 0. The quantitative estimate of drug-likeness (QED) is 0.796. The molecule has 2 aromatic rings. The van der Waals surface area contributed by atoms with Gasteiger partial charge in [-0.05, 0) is 46.1 Å². The number of carbonyl (C=O) groups is 2. The van der Waals surface area contributed by atoms with Crippen LogP contribution < -0.4 is 5.32 Å². The average molecular weight is 409 g/mol. The molecule has 2 heterocycles. The van der Waals surface area contributed by atoms with Crippen LogP contribution in [-0.2, 0) is 16.0 Å². The van der Waals surface area contributed by atoms with Crippen molar-refractivity contribution in [3.63, 3.8) is 0 Å². The van der Waals surface area contributed by atoms with Crippen molar-refractivity contribution in [2.45, 2.75) is 58.8 Å². The second kappa shape index (κ2) is 9.83. The molecule has 1 aliphatic rings. The second-order valence-corrected chi connectivity index (χ2v) is 8.12. The van der Waals surface area contributed by atoms with E-state index in [1.807, 2.05) is 62.9 Å². The van der Waals surface area contributed by atoms with Crippen molar-refractivity contribution in [2.75, 3.05) is 19.6 Å². The Labute approximate surface area is 179 Å². The molecule has 6 nitrogen and oxygen atoms in total. The number of carbonyl (C=O) groups excluding carboxylic acids is 2. The lowest BCUT2D eigenvalue weighted by molar-refractivity contribution is -0.133. The molecule has 2 amide bonds. The van der Waals surface area contributed by atoms with Crippen molar-refractivity contribution in [2.24, 2.45) is 0 Å². The molecule has 30 heavy (non-hydrogen) atoms. The highest BCUT2D eigenvalue weighted by molar-refractivity contribution is 5.83. The highest BCUT2D eigenvalue weighted by Crippen LogP contribution is 2.28. The minimum absolute atomic E-state index is 0.00983. The zero-order valence-electron chi connectivity index (χ0n) is 18.4. The molecule has 1 aromatic carbocycles. The molecule has 1 fully saturated rings. The summed E-state index contributed by atoms with van der Waals surface area (Å²) in [6.07, 6.45) is 2.22. The molecule has 0 bridgehead atoms.